The lowest BCUT2D eigenvalue weighted by Crippen LogP contribution is -2.49. The van der Waals surface area contributed by atoms with Crippen LogP contribution in [0.5, 0.6) is 0 Å². The van der Waals surface area contributed by atoms with Crippen LogP contribution in [0, 0.1) is 46.3 Å². The van der Waals surface area contributed by atoms with Gasteiger partial charge in [0.1, 0.15) is 0 Å². The van der Waals surface area contributed by atoms with E-state index < -0.39 is 0 Å². The molecule has 28 heavy (non-hydrogen) atoms. The molecule has 0 radical (unpaired) electrons. The van der Waals surface area contributed by atoms with E-state index in [0.29, 0.717) is 10.8 Å². The standard InChI is InChI=1S/C28H52/c1-7-8-9-18-27(5)19-11-14-23-25(27)17-20-28(6)24(15-16-26(23)28)22(4)13-10-12-21(2)3/h21-26H,7-20H2,1-6H3/t22-,23-,24-,25+,26+,27+,28-/m1/s1. The molecule has 0 spiro atoms. The monoisotopic (exact) mass is 388 g/mol. The zero-order valence-corrected chi connectivity index (χ0v) is 20.4. The van der Waals surface area contributed by atoms with E-state index in [1.54, 1.807) is 32.1 Å². The molecule has 0 amide bonds. The fraction of sp³-hybridized carbons (Fsp3) is 1.00. The van der Waals surface area contributed by atoms with Crippen molar-refractivity contribution in [1.29, 1.82) is 0 Å². The minimum absolute atomic E-state index is 0.667. The van der Waals surface area contributed by atoms with Crippen LogP contribution in [-0.2, 0) is 0 Å². The number of fused-ring (bicyclic) bond motifs is 3. The smallest absolute Gasteiger partial charge is 0.0264 e. The quantitative estimate of drug-likeness (QED) is 0.345. The van der Waals surface area contributed by atoms with Crippen LogP contribution in [0.4, 0.5) is 0 Å². The van der Waals surface area contributed by atoms with E-state index in [9.17, 15) is 0 Å². The maximum absolute atomic E-state index is 2.74. The summed E-state index contributed by atoms with van der Waals surface area (Å²) in [5, 5.41) is 0. The van der Waals surface area contributed by atoms with E-state index in [-0.39, 0.29) is 0 Å². The van der Waals surface area contributed by atoms with Crippen molar-refractivity contribution in [3.8, 4) is 0 Å². The molecule has 3 saturated carbocycles. The Hall–Kier alpha value is 0. The van der Waals surface area contributed by atoms with Crippen molar-refractivity contribution in [3.63, 3.8) is 0 Å². The third-order valence-corrected chi connectivity index (χ3v) is 10.2. The molecule has 0 aromatic carbocycles. The molecule has 3 fully saturated rings. The molecule has 0 heterocycles. The van der Waals surface area contributed by atoms with Gasteiger partial charge in [-0.25, -0.2) is 0 Å². The van der Waals surface area contributed by atoms with E-state index in [4.69, 9.17) is 0 Å². The highest BCUT2D eigenvalue weighted by Crippen LogP contribution is 2.66. The predicted octanol–water partition coefficient (Wildman–Crippen LogP) is 9.28. The highest BCUT2D eigenvalue weighted by molar-refractivity contribution is 5.07. The van der Waals surface area contributed by atoms with Gasteiger partial charge in [0.2, 0.25) is 0 Å². The fourth-order valence-electron chi connectivity index (χ4n) is 8.60. The van der Waals surface area contributed by atoms with Crippen LogP contribution in [0.25, 0.3) is 0 Å². The molecule has 0 aromatic heterocycles. The van der Waals surface area contributed by atoms with Crippen molar-refractivity contribution >= 4 is 0 Å². The molecule has 0 bridgehead atoms. The summed E-state index contributed by atoms with van der Waals surface area (Å²) < 4.78 is 0. The topological polar surface area (TPSA) is 0 Å². The molecule has 3 rings (SSSR count). The molecule has 3 aliphatic carbocycles. The van der Waals surface area contributed by atoms with Crippen molar-refractivity contribution in [2.45, 2.75) is 131 Å². The highest BCUT2D eigenvalue weighted by atomic mass is 14.6. The van der Waals surface area contributed by atoms with Crippen LogP contribution >= 0.6 is 0 Å². The van der Waals surface area contributed by atoms with Crippen molar-refractivity contribution in [2.24, 2.45) is 46.3 Å². The average molecular weight is 389 g/mol. The van der Waals surface area contributed by atoms with Crippen LogP contribution in [0.2, 0.25) is 0 Å². The molecule has 0 heteroatoms. The maximum Gasteiger partial charge on any atom is -0.0264 e. The molecular weight excluding hydrogens is 336 g/mol. The number of unbranched alkanes of at least 4 members (excludes halogenated alkanes) is 2. The Kier molecular flexibility index (Phi) is 7.64. The normalized spacial score (nSPS) is 41.7. The molecule has 3 aliphatic rings. The zero-order chi connectivity index (χ0) is 20.4. The van der Waals surface area contributed by atoms with E-state index in [2.05, 4.69) is 41.5 Å². The van der Waals surface area contributed by atoms with Gasteiger partial charge in [-0.15, -0.1) is 0 Å². The molecular formula is C28H52. The summed E-state index contributed by atoms with van der Waals surface area (Å²) in [6.07, 6.45) is 21.0. The Morgan fingerprint density at radius 2 is 1.61 bits per heavy atom. The largest absolute Gasteiger partial charge is 0.0654 e. The highest BCUT2D eigenvalue weighted by Gasteiger charge is 2.57. The number of hydrogen-bond acceptors (Lipinski definition) is 0. The van der Waals surface area contributed by atoms with Gasteiger partial charge in [-0.3, -0.25) is 0 Å². The van der Waals surface area contributed by atoms with Gasteiger partial charge < -0.3 is 0 Å². The van der Waals surface area contributed by atoms with E-state index >= 15 is 0 Å². The first-order chi connectivity index (χ1) is 13.3. The first-order valence-corrected chi connectivity index (χ1v) is 13.3. The Bertz CT molecular complexity index is 478. The summed E-state index contributed by atoms with van der Waals surface area (Å²) in [6, 6.07) is 0. The van der Waals surface area contributed by atoms with Gasteiger partial charge in [0.05, 0.1) is 0 Å². The second-order valence-electron chi connectivity index (χ2n) is 12.4. The summed E-state index contributed by atoms with van der Waals surface area (Å²) in [7, 11) is 0. The molecule has 0 aromatic rings. The Labute approximate surface area is 178 Å². The lowest BCUT2D eigenvalue weighted by molar-refractivity contribution is -0.0780. The number of hydrogen-bond donors (Lipinski definition) is 0. The third-order valence-electron chi connectivity index (χ3n) is 10.2. The SMILES string of the molecule is CCCCC[C@@]1(C)CCC[C@@H]2[C@@H]1CC[C@]1(C)[C@@H]([C@H](C)CCCC(C)C)CC[C@@H]21. The van der Waals surface area contributed by atoms with Crippen LogP contribution in [0.15, 0.2) is 0 Å². The van der Waals surface area contributed by atoms with Crippen LogP contribution in [0.1, 0.15) is 131 Å². The predicted molar refractivity (Wildman–Crippen MR) is 124 cm³/mol. The second-order valence-corrected chi connectivity index (χ2v) is 12.4. The minimum Gasteiger partial charge on any atom is -0.0654 e. The van der Waals surface area contributed by atoms with E-state index in [0.717, 1.165) is 35.5 Å². The molecule has 0 aliphatic heterocycles. The van der Waals surface area contributed by atoms with Gasteiger partial charge in [-0.2, -0.15) is 0 Å². The van der Waals surface area contributed by atoms with Gasteiger partial charge in [0, 0.05) is 0 Å². The van der Waals surface area contributed by atoms with E-state index in [1.165, 1.54) is 57.8 Å². The van der Waals surface area contributed by atoms with Crippen LogP contribution < -0.4 is 0 Å². The second kappa shape index (κ2) is 9.43. The molecule has 7 atom stereocenters. The Morgan fingerprint density at radius 3 is 2.32 bits per heavy atom. The molecule has 164 valence electrons. The molecule has 0 saturated heterocycles. The lowest BCUT2D eigenvalue weighted by Gasteiger charge is -2.57. The Morgan fingerprint density at radius 1 is 0.821 bits per heavy atom. The number of rotatable bonds is 9. The Balaban J connectivity index is 1.66. The first-order valence-electron chi connectivity index (χ1n) is 13.3. The first kappa shape index (κ1) is 22.7. The van der Waals surface area contributed by atoms with Crippen LogP contribution in [0.3, 0.4) is 0 Å². The van der Waals surface area contributed by atoms with Gasteiger partial charge in [0.15, 0.2) is 0 Å². The van der Waals surface area contributed by atoms with Gasteiger partial charge in [-0.05, 0) is 91.3 Å². The summed E-state index contributed by atoms with van der Waals surface area (Å²) >= 11 is 0. The summed E-state index contributed by atoms with van der Waals surface area (Å²) in [5.74, 6) is 6.00. The molecule has 0 unspecified atom stereocenters. The van der Waals surface area contributed by atoms with Crippen LogP contribution in [-0.4, -0.2) is 0 Å². The minimum atomic E-state index is 0.667. The fourth-order valence-corrected chi connectivity index (χ4v) is 8.60. The van der Waals surface area contributed by atoms with Crippen molar-refractivity contribution in [2.75, 3.05) is 0 Å². The van der Waals surface area contributed by atoms with Crippen molar-refractivity contribution in [1.82, 2.24) is 0 Å². The summed E-state index contributed by atoms with van der Waals surface area (Å²) in [6.45, 7) is 15.2. The summed E-state index contributed by atoms with van der Waals surface area (Å²) in [5.41, 5.74) is 1.33. The maximum atomic E-state index is 2.74. The van der Waals surface area contributed by atoms with Gasteiger partial charge >= 0.3 is 0 Å². The van der Waals surface area contributed by atoms with Gasteiger partial charge in [-0.1, -0.05) is 86.5 Å². The van der Waals surface area contributed by atoms with Gasteiger partial charge in [0.25, 0.3) is 0 Å². The zero-order valence-electron chi connectivity index (χ0n) is 20.4. The lowest BCUT2D eigenvalue weighted by atomic mass is 9.48. The van der Waals surface area contributed by atoms with Crippen molar-refractivity contribution < 1.29 is 0 Å². The average Bonchev–Trinajstić information content (AvgIpc) is 2.99. The van der Waals surface area contributed by atoms with Crippen molar-refractivity contribution in [3.05, 3.63) is 0 Å². The molecule has 0 N–H and O–H groups in total. The summed E-state index contributed by atoms with van der Waals surface area (Å²) in [4.78, 5) is 0. The van der Waals surface area contributed by atoms with E-state index in [1.807, 2.05) is 0 Å². The third kappa shape index (κ3) is 4.51. The molecule has 0 nitrogen and oxygen atoms in total.